The van der Waals surface area contributed by atoms with Crippen molar-refractivity contribution in [3.63, 3.8) is 0 Å². The van der Waals surface area contributed by atoms with Crippen molar-refractivity contribution in [1.82, 2.24) is 0 Å². The molecule has 0 fully saturated rings. The Kier molecular flexibility index (Phi) is 9.68. The van der Waals surface area contributed by atoms with Gasteiger partial charge in [-0.2, -0.15) is 17.2 Å². The van der Waals surface area contributed by atoms with Crippen molar-refractivity contribution in [2.75, 3.05) is 23.7 Å². The Balaban J connectivity index is 1.57. The summed E-state index contributed by atoms with van der Waals surface area (Å²) in [7, 11) is 0. The van der Waals surface area contributed by atoms with Crippen LogP contribution in [0.5, 0.6) is 0 Å². The van der Waals surface area contributed by atoms with Crippen molar-refractivity contribution in [2.45, 2.75) is 53.5 Å². The minimum atomic E-state index is 0.719. The summed E-state index contributed by atoms with van der Waals surface area (Å²) in [5.41, 5.74) is 5.10. The van der Waals surface area contributed by atoms with Crippen LogP contribution in [0.25, 0.3) is 33.8 Å². The minimum Gasteiger partial charge on any atom is -0.371 e. The summed E-state index contributed by atoms with van der Waals surface area (Å²) in [6.07, 6.45) is 10.2. The van der Waals surface area contributed by atoms with E-state index in [9.17, 15) is 0 Å². The molecule has 2 nitrogen and oxygen atoms in total. The van der Waals surface area contributed by atoms with Crippen LogP contribution in [0.3, 0.4) is 0 Å². The van der Waals surface area contributed by atoms with Crippen LogP contribution in [0.15, 0.2) is 72.9 Å². The Labute approximate surface area is 229 Å². The fourth-order valence-corrected chi connectivity index (χ4v) is 4.97. The number of benzene rings is 3. The molecule has 0 unspecified atom stereocenters. The van der Waals surface area contributed by atoms with E-state index < -0.39 is 0 Å². The Morgan fingerprint density at radius 2 is 1.51 bits per heavy atom. The van der Waals surface area contributed by atoms with Crippen molar-refractivity contribution >= 4 is 52.1 Å². The van der Waals surface area contributed by atoms with Gasteiger partial charge in [0.05, 0.1) is 5.39 Å². The van der Waals surface area contributed by atoms with E-state index in [1.807, 2.05) is 0 Å². The molecule has 3 heteroatoms. The number of anilines is 1. The van der Waals surface area contributed by atoms with E-state index >= 15 is 0 Å². The Morgan fingerprint density at radius 1 is 0.811 bits per heavy atom. The zero-order valence-electron chi connectivity index (χ0n) is 23.0. The molecule has 0 bridgehead atoms. The lowest BCUT2D eigenvalue weighted by atomic mass is 10.0. The molecule has 0 saturated carbocycles. The molecule has 3 aromatic carbocycles. The summed E-state index contributed by atoms with van der Waals surface area (Å²) in [5, 5.41) is 3.89. The predicted octanol–water partition coefficient (Wildman–Crippen LogP) is 8.67. The van der Waals surface area contributed by atoms with Crippen LogP contribution < -0.4 is 9.47 Å². The maximum absolute atomic E-state index is 4.39. The van der Waals surface area contributed by atoms with Crippen molar-refractivity contribution in [1.29, 1.82) is 0 Å². The van der Waals surface area contributed by atoms with Gasteiger partial charge in [-0.05, 0) is 76.6 Å². The molecule has 0 spiro atoms. The summed E-state index contributed by atoms with van der Waals surface area (Å²) in [6.45, 7) is 12.5. The number of pyridine rings is 1. The second-order valence-electron chi connectivity index (χ2n) is 11.0. The Morgan fingerprint density at radius 3 is 2.24 bits per heavy atom. The Bertz CT molecular complexity index is 1330. The summed E-state index contributed by atoms with van der Waals surface area (Å²) < 4.78 is 2.34. The molecule has 0 radical (unpaired) electrons. The number of hydrogen-bond acceptors (Lipinski definition) is 2. The number of aromatic nitrogens is 1. The van der Waals surface area contributed by atoms with Crippen molar-refractivity contribution in [3.8, 4) is 0 Å². The predicted molar refractivity (Wildman–Crippen MR) is 167 cm³/mol. The van der Waals surface area contributed by atoms with Crippen LogP contribution in [0.1, 0.15) is 58.1 Å². The van der Waals surface area contributed by atoms with Crippen LogP contribution in [0.2, 0.25) is 0 Å². The number of hydrogen-bond donors (Lipinski definition) is 1. The highest BCUT2D eigenvalue weighted by Gasteiger charge is 2.11. The molecule has 4 aromatic rings. The smallest absolute Gasteiger partial charge is 0.213 e. The highest BCUT2D eigenvalue weighted by atomic mass is 32.1. The van der Waals surface area contributed by atoms with Gasteiger partial charge >= 0.3 is 0 Å². The van der Waals surface area contributed by atoms with Gasteiger partial charge in [-0.15, -0.1) is 0 Å². The van der Waals surface area contributed by atoms with Gasteiger partial charge in [-0.1, -0.05) is 70.2 Å². The first kappa shape index (κ1) is 27.3. The second-order valence-corrected chi connectivity index (χ2v) is 11.5. The molecule has 0 saturated heterocycles. The van der Waals surface area contributed by atoms with Gasteiger partial charge in [0.25, 0.3) is 0 Å². The molecule has 0 amide bonds. The van der Waals surface area contributed by atoms with E-state index in [4.69, 9.17) is 0 Å². The first-order valence-electron chi connectivity index (χ1n) is 13.9. The highest BCUT2D eigenvalue weighted by Crippen LogP contribution is 2.26. The number of para-hydroxylation sites is 1. The third-order valence-electron chi connectivity index (χ3n) is 7.14. The van der Waals surface area contributed by atoms with Crippen LogP contribution in [0.4, 0.5) is 5.69 Å². The molecule has 0 aliphatic heterocycles. The maximum Gasteiger partial charge on any atom is 0.213 e. The molecule has 194 valence electrons. The lowest BCUT2D eigenvalue weighted by Crippen LogP contribution is -2.34. The highest BCUT2D eigenvalue weighted by molar-refractivity contribution is 7.80. The lowest BCUT2D eigenvalue weighted by Gasteiger charge is -2.27. The zero-order valence-corrected chi connectivity index (χ0v) is 23.9. The molecule has 0 aliphatic rings. The molecule has 0 N–H and O–H groups in total. The zero-order chi connectivity index (χ0) is 26.2. The molecule has 0 aliphatic carbocycles. The van der Waals surface area contributed by atoms with Gasteiger partial charge < -0.3 is 4.90 Å². The van der Waals surface area contributed by atoms with Gasteiger partial charge in [0.1, 0.15) is 6.54 Å². The number of thiol groups is 1. The lowest BCUT2D eigenvalue weighted by molar-refractivity contribution is -0.671. The number of rotatable bonds is 12. The van der Waals surface area contributed by atoms with Gasteiger partial charge in [0.2, 0.25) is 5.52 Å². The van der Waals surface area contributed by atoms with Crippen molar-refractivity contribution < 1.29 is 4.57 Å². The van der Waals surface area contributed by atoms with E-state index in [0.29, 0.717) is 0 Å². The van der Waals surface area contributed by atoms with Gasteiger partial charge in [0.15, 0.2) is 6.20 Å². The molecule has 1 heterocycles. The van der Waals surface area contributed by atoms with Crippen molar-refractivity contribution in [3.05, 3.63) is 84.1 Å². The third-order valence-corrected chi connectivity index (χ3v) is 7.45. The summed E-state index contributed by atoms with van der Waals surface area (Å²) in [6, 6.07) is 24.7. The summed E-state index contributed by atoms with van der Waals surface area (Å²) in [5.74, 6) is 2.34. The van der Waals surface area contributed by atoms with E-state index in [2.05, 4.69) is 135 Å². The molecule has 0 atom stereocenters. The topological polar surface area (TPSA) is 7.12 Å². The maximum atomic E-state index is 4.39. The first-order valence-corrected chi connectivity index (χ1v) is 14.6. The molecule has 37 heavy (non-hydrogen) atoms. The van der Waals surface area contributed by atoms with E-state index in [1.165, 1.54) is 51.3 Å². The first-order chi connectivity index (χ1) is 17.9. The fourth-order valence-electron chi connectivity index (χ4n) is 4.83. The Hall–Kier alpha value is -2.78. The summed E-state index contributed by atoms with van der Waals surface area (Å²) in [4.78, 5) is 2.58. The third kappa shape index (κ3) is 7.38. The van der Waals surface area contributed by atoms with Crippen LogP contribution in [0, 0.1) is 11.8 Å². The standard InChI is InChI=1S/C34H42N2S/c1-26(2)16-20-35(21-17-27(3)4)32-15-14-30-24-28(11-13-31(30)25-32)10-12-29-18-22-36(19-7-23-37)34-9-6-5-8-33(29)34/h5-6,8-15,18,22,24-27H,7,16-17,19-21,23H2,1-4H3/p+1. The van der Waals surface area contributed by atoms with Gasteiger partial charge in [-0.3, -0.25) is 0 Å². The van der Waals surface area contributed by atoms with Crippen molar-refractivity contribution in [2.24, 2.45) is 11.8 Å². The normalized spacial score (nSPS) is 12.0. The van der Waals surface area contributed by atoms with Gasteiger partial charge in [0, 0.05) is 37.3 Å². The molecule has 4 rings (SSSR count). The fraction of sp³-hybridized carbons (Fsp3) is 0.382. The SMILES string of the molecule is CC(C)CCN(CCC(C)C)c1ccc2cc(/C=C/c3cc[n+](CCCS)c4ccccc34)ccc2c1. The summed E-state index contributed by atoms with van der Waals surface area (Å²) >= 11 is 4.39. The second kappa shape index (κ2) is 13.1. The van der Waals surface area contributed by atoms with Crippen LogP contribution in [-0.2, 0) is 6.54 Å². The average molecular weight is 512 g/mol. The van der Waals surface area contributed by atoms with Gasteiger partial charge in [-0.25, -0.2) is 0 Å². The van der Waals surface area contributed by atoms with Crippen LogP contribution in [-0.4, -0.2) is 18.8 Å². The van der Waals surface area contributed by atoms with E-state index in [-0.39, 0.29) is 0 Å². The number of fused-ring (bicyclic) bond motifs is 2. The average Bonchev–Trinajstić information content (AvgIpc) is 2.90. The minimum absolute atomic E-state index is 0.719. The quantitative estimate of drug-likeness (QED) is 0.148. The molecular formula is C34H43N2S+. The molecular weight excluding hydrogens is 468 g/mol. The monoisotopic (exact) mass is 511 g/mol. The number of aryl methyl sites for hydroxylation is 1. The van der Waals surface area contributed by atoms with E-state index in [1.54, 1.807) is 0 Å². The molecule has 1 aromatic heterocycles. The van der Waals surface area contributed by atoms with Crippen LogP contribution >= 0.6 is 12.6 Å². The number of nitrogens with zero attached hydrogens (tertiary/aromatic N) is 2. The largest absolute Gasteiger partial charge is 0.371 e. The van der Waals surface area contributed by atoms with E-state index in [0.717, 1.165) is 43.6 Å².